The van der Waals surface area contributed by atoms with Gasteiger partial charge in [-0.15, -0.1) is 0 Å². The Hall–Kier alpha value is -1.54. The molecule has 1 atom stereocenters. The van der Waals surface area contributed by atoms with Gasteiger partial charge in [-0.3, -0.25) is 15.3 Å². The number of hydrogen-bond acceptors (Lipinski definition) is 4. The standard InChI is InChI=1S/C19H40N8/c1-14(2)26-11-7-17(8-12-26)25(4)19(22)23-13-15(3)27-9-5-16(6-10-27)24-18(20)21/h14-17H,5-13H2,1-4H3,(H2,22,23)(H4,20,21,24). The molecule has 0 aromatic heterocycles. The summed E-state index contributed by atoms with van der Waals surface area (Å²) in [6.07, 6.45) is 4.32. The summed E-state index contributed by atoms with van der Waals surface area (Å²) >= 11 is 0. The van der Waals surface area contributed by atoms with Gasteiger partial charge in [-0.1, -0.05) is 0 Å². The van der Waals surface area contributed by atoms with Crippen LogP contribution in [0.2, 0.25) is 0 Å². The second-order valence-electron chi connectivity index (χ2n) is 8.39. The molecule has 2 fully saturated rings. The second kappa shape index (κ2) is 10.1. The van der Waals surface area contributed by atoms with Crippen LogP contribution >= 0.6 is 0 Å². The lowest BCUT2D eigenvalue weighted by molar-refractivity contribution is 0.135. The van der Waals surface area contributed by atoms with Crippen LogP contribution in [0.1, 0.15) is 46.5 Å². The van der Waals surface area contributed by atoms with Crippen molar-refractivity contribution in [2.45, 2.75) is 70.6 Å². The van der Waals surface area contributed by atoms with E-state index in [0.29, 0.717) is 30.1 Å². The van der Waals surface area contributed by atoms with E-state index in [1.54, 1.807) is 0 Å². The van der Waals surface area contributed by atoms with Crippen LogP contribution in [0.15, 0.2) is 4.99 Å². The molecule has 8 nitrogen and oxygen atoms in total. The summed E-state index contributed by atoms with van der Waals surface area (Å²) < 4.78 is 0. The predicted octanol–water partition coefficient (Wildman–Crippen LogP) is 0.442. The summed E-state index contributed by atoms with van der Waals surface area (Å²) in [6.45, 7) is 11.8. The van der Waals surface area contributed by atoms with E-state index in [0.717, 1.165) is 58.4 Å². The van der Waals surface area contributed by atoms with Gasteiger partial charge in [-0.05, 0) is 46.5 Å². The molecule has 0 spiro atoms. The number of rotatable bonds is 6. The van der Waals surface area contributed by atoms with E-state index in [1.807, 2.05) is 0 Å². The normalized spacial score (nSPS) is 22.8. The first-order chi connectivity index (χ1) is 12.8. The highest BCUT2D eigenvalue weighted by molar-refractivity contribution is 5.78. The number of likely N-dealkylation sites (tertiary alicyclic amines) is 2. The van der Waals surface area contributed by atoms with Gasteiger partial charge in [0.1, 0.15) is 0 Å². The molecule has 2 aliphatic rings. The number of nitrogens with one attached hydrogen (secondary N) is 2. The molecule has 0 amide bonds. The molecule has 2 saturated heterocycles. The monoisotopic (exact) mass is 380 g/mol. The molecular weight excluding hydrogens is 340 g/mol. The smallest absolute Gasteiger partial charge is 0.191 e. The Kier molecular flexibility index (Phi) is 8.16. The first-order valence-corrected chi connectivity index (χ1v) is 10.4. The number of aliphatic imine (C=N–C) groups is 1. The summed E-state index contributed by atoms with van der Waals surface area (Å²) in [5, 5.41) is 10.4. The molecule has 1 unspecified atom stereocenters. The summed E-state index contributed by atoms with van der Waals surface area (Å²) in [4.78, 5) is 11.9. The largest absolute Gasteiger partial charge is 0.370 e. The Bertz CT molecular complexity index is 490. The van der Waals surface area contributed by atoms with Crippen LogP contribution in [-0.2, 0) is 0 Å². The second-order valence-corrected chi connectivity index (χ2v) is 8.39. The Labute approximate surface area is 164 Å². The molecule has 0 radical (unpaired) electrons. The average Bonchev–Trinajstić information content (AvgIpc) is 2.65. The molecule has 0 aromatic rings. The van der Waals surface area contributed by atoms with Crippen molar-refractivity contribution in [2.75, 3.05) is 39.8 Å². The third-order valence-electron chi connectivity index (χ3n) is 6.17. The summed E-state index contributed by atoms with van der Waals surface area (Å²) in [5.41, 5.74) is 11.7. The fourth-order valence-corrected chi connectivity index (χ4v) is 4.13. The minimum absolute atomic E-state index is 0.0705. The highest BCUT2D eigenvalue weighted by Crippen LogP contribution is 2.17. The van der Waals surface area contributed by atoms with E-state index in [2.05, 4.69) is 47.8 Å². The zero-order valence-electron chi connectivity index (χ0n) is 17.6. The number of nitrogens with two attached hydrogens (primary N) is 2. The minimum Gasteiger partial charge on any atom is -0.370 e. The van der Waals surface area contributed by atoms with Gasteiger partial charge in [0.25, 0.3) is 0 Å². The molecule has 8 heteroatoms. The van der Waals surface area contributed by atoms with E-state index >= 15 is 0 Å². The lowest BCUT2D eigenvalue weighted by Gasteiger charge is -2.39. The van der Waals surface area contributed by atoms with Crippen LogP contribution in [0.3, 0.4) is 0 Å². The summed E-state index contributed by atoms with van der Waals surface area (Å²) in [7, 11) is 2.08. The molecule has 2 heterocycles. The SMILES string of the molecule is CC(C)N1CCC(N(C)C(N)=NCC(C)N2CCC(NC(=N)N)CC2)CC1. The van der Waals surface area contributed by atoms with Crippen LogP contribution in [0, 0.1) is 5.41 Å². The van der Waals surface area contributed by atoms with Gasteiger partial charge in [0.2, 0.25) is 0 Å². The van der Waals surface area contributed by atoms with Gasteiger partial charge in [0, 0.05) is 57.4 Å². The van der Waals surface area contributed by atoms with E-state index in [1.165, 1.54) is 0 Å². The van der Waals surface area contributed by atoms with E-state index < -0.39 is 0 Å². The summed E-state index contributed by atoms with van der Waals surface area (Å²) in [5.74, 6) is 0.735. The predicted molar refractivity (Wildman–Crippen MR) is 113 cm³/mol. The molecule has 0 bridgehead atoms. The van der Waals surface area contributed by atoms with Gasteiger partial charge in [0.15, 0.2) is 11.9 Å². The van der Waals surface area contributed by atoms with Gasteiger partial charge >= 0.3 is 0 Å². The van der Waals surface area contributed by atoms with Crippen molar-refractivity contribution >= 4 is 11.9 Å². The van der Waals surface area contributed by atoms with E-state index in [9.17, 15) is 0 Å². The Morgan fingerprint density at radius 2 is 1.63 bits per heavy atom. The van der Waals surface area contributed by atoms with Crippen molar-refractivity contribution in [3.05, 3.63) is 0 Å². The fourth-order valence-electron chi connectivity index (χ4n) is 4.13. The fraction of sp³-hybridized carbons (Fsp3) is 0.895. The van der Waals surface area contributed by atoms with Crippen molar-refractivity contribution in [1.82, 2.24) is 20.0 Å². The molecular formula is C19H40N8. The number of nitrogens with zero attached hydrogens (tertiary/aromatic N) is 4. The van der Waals surface area contributed by atoms with Crippen molar-refractivity contribution < 1.29 is 0 Å². The van der Waals surface area contributed by atoms with Crippen LogP contribution in [0.4, 0.5) is 0 Å². The van der Waals surface area contributed by atoms with Crippen molar-refractivity contribution in [3.63, 3.8) is 0 Å². The van der Waals surface area contributed by atoms with Gasteiger partial charge in [-0.2, -0.15) is 0 Å². The molecule has 2 rings (SSSR count). The van der Waals surface area contributed by atoms with Crippen LogP contribution in [0.25, 0.3) is 0 Å². The molecule has 6 N–H and O–H groups in total. The van der Waals surface area contributed by atoms with Crippen molar-refractivity contribution in [2.24, 2.45) is 16.5 Å². The average molecular weight is 381 g/mol. The Morgan fingerprint density at radius 3 is 2.15 bits per heavy atom. The lowest BCUT2D eigenvalue weighted by Crippen LogP contribution is -2.50. The maximum atomic E-state index is 7.35. The Morgan fingerprint density at radius 1 is 1.07 bits per heavy atom. The zero-order chi connectivity index (χ0) is 20.0. The first-order valence-electron chi connectivity index (χ1n) is 10.4. The van der Waals surface area contributed by atoms with E-state index in [4.69, 9.17) is 21.9 Å². The van der Waals surface area contributed by atoms with Crippen LogP contribution in [-0.4, -0.2) is 90.6 Å². The number of piperidine rings is 2. The minimum atomic E-state index is 0.0705. The Balaban J connectivity index is 1.75. The number of guanidine groups is 2. The summed E-state index contributed by atoms with van der Waals surface area (Å²) in [6, 6.07) is 1.81. The highest BCUT2D eigenvalue weighted by Gasteiger charge is 2.25. The molecule has 156 valence electrons. The van der Waals surface area contributed by atoms with Gasteiger partial charge in [-0.25, -0.2) is 0 Å². The van der Waals surface area contributed by atoms with Crippen LogP contribution < -0.4 is 16.8 Å². The lowest BCUT2D eigenvalue weighted by atomic mass is 10.0. The number of hydrogen-bond donors (Lipinski definition) is 4. The maximum Gasteiger partial charge on any atom is 0.191 e. The molecule has 0 aromatic carbocycles. The van der Waals surface area contributed by atoms with Crippen molar-refractivity contribution in [1.29, 1.82) is 5.41 Å². The molecule has 2 aliphatic heterocycles. The van der Waals surface area contributed by atoms with Gasteiger partial charge in [0.05, 0.1) is 6.54 Å². The molecule has 27 heavy (non-hydrogen) atoms. The third-order valence-corrected chi connectivity index (χ3v) is 6.17. The first kappa shape index (κ1) is 21.8. The maximum absolute atomic E-state index is 7.35. The quantitative estimate of drug-likeness (QED) is 0.393. The third kappa shape index (κ3) is 6.53. The highest BCUT2D eigenvalue weighted by atomic mass is 15.3. The topological polar surface area (TPSA) is 110 Å². The van der Waals surface area contributed by atoms with Crippen molar-refractivity contribution in [3.8, 4) is 0 Å². The van der Waals surface area contributed by atoms with Crippen LogP contribution in [0.5, 0.6) is 0 Å². The van der Waals surface area contributed by atoms with E-state index in [-0.39, 0.29) is 5.96 Å². The van der Waals surface area contributed by atoms with Gasteiger partial charge < -0.3 is 26.6 Å². The zero-order valence-corrected chi connectivity index (χ0v) is 17.6. The molecule has 0 saturated carbocycles. The molecule has 0 aliphatic carbocycles.